The summed E-state index contributed by atoms with van der Waals surface area (Å²) < 4.78 is 8.11. The second kappa shape index (κ2) is 12.5. The first-order chi connectivity index (χ1) is 21.0. The van der Waals surface area contributed by atoms with Crippen LogP contribution in [-0.2, 0) is 17.7 Å². The number of hydrogen-bond donors (Lipinski definition) is 2. The van der Waals surface area contributed by atoms with Gasteiger partial charge in [-0.15, -0.1) is 0 Å². The Kier molecular flexibility index (Phi) is 8.68. The van der Waals surface area contributed by atoms with Gasteiger partial charge in [-0.05, 0) is 43.9 Å². The number of hydrogen-bond acceptors (Lipinski definition) is 8. The summed E-state index contributed by atoms with van der Waals surface area (Å²) in [6.45, 7) is 14.0. The van der Waals surface area contributed by atoms with Gasteiger partial charge in [-0.2, -0.15) is 10.1 Å². The summed E-state index contributed by atoms with van der Waals surface area (Å²) in [4.78, 5) is 38.9. The third kappa shape index (κ3) is 6.42. The van der Waals surface area contributed by atoms with Crippen LogP contribution in [0.5, 0.6) is 0 Å². The second-order valence-electron chi connectivity index (χ2n) is 12.1. The molecule has 0 aliphatic heterocycles. The van der Waals surface area contributed by atoms with Crippen LogP contribution in [0, 0.1) is 12.3 Å². The smallest absolute Gasteiger partial charge is 0.296 e. The molecule has 2 N–H and O–H groups in total. The van der Waals surface area contributed by atoms with Gasteiger partial charge in [0.15, 0.2) is 5.82 Å². The zero-order valence-corrected chi connectivity index (χ0v) is 26.3. The van der Waals surface area contributed by atoms with Crippen molar-refractivity contribution in [2.75, 3.05) is 0 Å². The Morgan fingerprint density at radius 2 is 1.80 bits per heavy atom. The summed E-state index contributed by atoms with van der Waals surface area (Å²) in [5.74, 6) is 0.810. The van der Waals surface area contributed by atoms with Gasteiger partial charge in [-0.25, -0.2) is 13.9 Å². The van der Waals surface area contributed by atoms with E-state index in [0.717, 1.165) is 40.1 Å². The third-order valence-corrected chi connectivity index (χ3v) is 7.22. The van der Waals surface area contributed by atoms with Crippen molar-refractivity contribution in [2.24, 2.45) is 5.41 Å². The molecule has 0 saturated carbocycles. The standard InChI is InChI=1S/C33H39N7O4/c1-8-11-27-26(18-22-14-16-23(17-15-22)24-12-9-10-13-25(24)29-35-32(42)44-38-29)30(41)39(31-34-21(4)36-40(27)31)19-28(33(5,6)7)37-43-20(2)3/h9-10,12-17,19-20,37H,8,11,18H2,1-7H3,(H,35,38,42). The van der Waals surface area contributed by atoms with Gasteiger partial charge in [0.2, 0.25) is 5.78 Å². The largest absolute Gasteiger partial charge is 0.439 e. The van der Waals surface area contributed by atoms with Crippen molar-refractivity contribution < 1.29 is 9.36 Å². The molecule has 0 amide bonds. The molecule has 11 nitrogen and oxygen atoms in total. The average molecular weight is 598 g/mol. The molecule has 2 aromatic carbocycles. The van der Waals surface area contributed by atoms with Gasteiger partial charge in [0.1, 0.15) is 5.82 Å². The molecule has 0 aliphatic carbocycles. The summed E-state index contributed by atoms with van der Waals surface area (Å²) in [5, 5.41) is 8.56. The fraction of sp³-hybridized carbons (Fsp3) is 0.364. The van der Waals surface area contributed by atoms with Crippen LogP contribution in [0.1, 0.15) is 70.6 Å². The minimum Gasteiger partial charge on any atom is -0.296 e. The minimum absolute atomic E-state index is 0.0523. The number of H-pyrrole nitrogens is 1. The van der Waals surface area contributed by atoms with Crippen molar-refractivity contribution in [3.05, 3.63) is 97.8 Å². The van der Waals surface area contributed by atoms with E-state index in [0.29, 0.717) is 35.8 Å². The van der Waals surface area contributed by atoms with Crippen molar-refractivity contribution in [3.8, 4) is 22.5 Å². The molecule has 11 heteroatoms. The molecule has 3 heterocycles. The Balaban J connectivity index is 1.60. The van der Waals surface area contributed by atoms with E-state index >= 15 is 0 Å². The maximum absolute atomic E-state index is 14.3. The number of aromatic nitrogens is 6. The van der Waals surface area contributed by atoms with Gasteiger partial charge < -0.3 is 0 Å². The third-order valence-electron chi connectivity index (χ3n) is 7.22. The van der Waals surface area contributed by atoms with Crippen LogP contribution < -0.4 is 16.8 Å². The predicted molar refractivity (Wildman–Crippen MR) is 170 cm³/mol. The van der Waals surface area contributed by atoms with Crippen LogP contribution in [0.25, 0.3) is 34.5 Å². The monoisotopic (exact) mass is 597 g/mol. The number of benzene rings is 2. The molecule has 0 aliphatic rings. The van der Waals surface area contributed by atoms with Crippen LogP contribution >= 0.6 is 0 Å². The molecule has 3 aromatic heterocycles. The lowest BCUT2D eigenvalue weighted by Crippen LogP contribution is -2.31. The Morgan fingerprint density at radius 1 is 1.09 bits per heavy atom. The van der Waals surface area contributed by atoms with Crippen molar-refractivity contribution in [1.82, 2.24) is 34.8 Å². The number of aryl methyl sites for hydroxylation is 2. The number of allylic oxidation sites excluding steroid dienone is 1. The molecule has 0 spiro atoms. The molecular formula is C33H39N7O4. The van der Waals surface area contributed by atoms with Gasteiger partial charge in [0, 0.05) is 29.2 Å². The first-order valence-electron chi connectivity index (χ1n) is 14.8. The summed E-state index contributed by atoms with van der Waals surface area (Å²) in [5.41, 5.74) is 8.39. The molecule has 0 fully saturated rings. The number of fused-ring (bicyclic) bond motifs is 1. The molecule has 0 unspecified atom stereocenters. The fourth-order valence-electron chi connectivity index (χ4n) is 4.99. The van der Waals surface area contributed by atoms with E-state index in [-0.39, 0.29) is 17.1 Å². The summed E-state index contributed by atoms with van der Waals surface area (Å²) in [6, 6.07) is 15.7. The van der Waals surface area contributed by atoms with Gasteiger partial charge in [-0.1, -0.05) is 87.8 Å². The lowest BCUT2D eigenvalue weighted by atomic mass is 9.93. The molecular weight excluding hydrogens is 558 g/mol. The highest BCUT2D eigenvalue weighted by molar-refractivity contribution is 5.80. The first kappa shape index (κ1) is 30.7. The minimum atomic E-state index is -0.606. The van der Waals surface area contributed by atoms with Crippen molar-refractivity contribution >= 4 is 12.0 Å². The van der Waals surface area contributed by atoms with E-state index < -0.39 is 5.76 Å². The Labute approximate surface area is 255 Å². The van der Waals surface area contributed by atoms with E-state index in [1.54, 1.807) is 15.3 Å². The Bertz CT molecular complexity index is 1920. The normalized spacial score (nSPS) is 12.4. The van der Waals surface area contributed by atoms with Crippen LogP contribution in [0.3, 0.4) is 0 Å². The fourth-order valence-corrected chi connectivity index (χ4v) is 4.99. The zero-order chi connectivity index (χ0) is 31.6. The molecule has 0 bridgehead atoms. The van der Waals surface area contributed by atoms with Crippen LogP contribution in [0.2, 0.25) is 0 Å². The molecule has 44 heavy (non-hydrogen) atoms. The van der Waals surface area contributed by atoms with E-state index in [4.69, 9.17) is 14.5 Å². The number of nitrogens with one attached hydrogen (secondary N) is 2. The highest BCUT2D eigenvalue weighted by Crippen LogP contribution is 2.30. The highest BCUT2D eigenvalue weighted by atomic mass is 16.7. The molecule has 0 radical (unpaired) electrons. The predicted octanol–water partition coefficient (Wildman–Crippen LogP) is 5.53. The number of hydroxylamine groups is 1. The molecule has 5 aromatic rings. The van der Waals surface area contributed by atoms with Crippen LogP contribution in [0.4, 0.5) is 0 Å². The SMILES string of the molecule is CCCc1c(Cc2ccc(-c3ccccc3-c3noc(=O)[nH]3)cc2)c(=O)n(C=C(NOC(C)C)C(C)(C)C)c2nc(C)nn12. The quantitative estimate of drug-likeness (QED) is 0.201. The van der Waals surface area contributed by atoms with Crippen molar-refractivity contribution in [3.63, 3.8) is 0 Å². The Hall–Kier alpha value is -4.77. The lowest BCUT2D eigenvalue weighted by Gasteiger charge is -2.25. The van der Waals surface area contributed by atoms with Crippen molar-refractivity contribution in [1.29, 1.82) is 0 Å². The Morgan fingerprint density at radius 3 is 2.41 bits per heavy atom. The van der Waals surface area contributed by atoms with Crippen LogP contribution in [0.15, 0.2) is 68.3 Å². The first-order valence-corrected chi connectivity index (χ1v) is 14.8. The summed E-state index contributed by atoms with van der Waals surface area (Å²) in [6.07, 6.45) is 3.66. The topological polar surface area (TPSA) is 132 Å². The number of rotatable bonds is 10. The maximum Gasteiger partial charge on any atom is 0.439 e. The van der Waals surface area contributed by atoms with E-state index in [1.807, 2.05) is 69.3 Å². The van der Waals surface area contributed by atoms with E-state index in [9.17, 15) is 9.59 Å². The van der Waals surface area contributed by atoms with Crippen molar-refractivity contribution in [2.45, 2.75) is 73.8 Å². The molecule has 230 valence electrons. The summed E-state index contributed by atoms with van der Waals surface area (Å²) in [7, 11) is 0. The average Bonchev–Trinajstić information content (AvgIpc) is 3.59. The van der Waals surface area contributed by atoms with E-state index in [2.05, 4.69) is 48.3 Å². The zero-order valence-electron chi connectivity index (χ0n) is 26.3. The maximum atomic E-state index is 14.3. The summed E-state index contributed by atoms with van der Waals surface area (Å²) >= 11 is 0. The second-order valence-corrected chi connectivity index (χ2v) is 12.1. The van der Waals surface area contributed by atoms with E-state index in [1.165, 1.54) is 0 Å². The lowest BCUT2D eigenvalue weighted by molar-refractivity contribution is 0.00472. The van der Waals surface area contributed by atoms with Gasteiger partial charge >= 0.3 is 5.76 Å². The molecule has 0 saturated heterocycles. The molecule has 5 rings (SSSR count). The van der Waals surface area contributed by atoms with Gasteiger partial charge in [-0.3, -0.25) is 24.6 Å². The van der Waals surface area contributed by atoms with Gasteiger partial charge in [0.05, 0.1) is 17.5 Å². The van der Waals surface area contributed by atoms with Crippen LogP contribution in [-0.4, -0.2) is 35.4 Å². The number of nitrogens with zero attached hydrogens (tertiary/aromatic N) is 5. The molecule has 0 atom stereocenters. The number of aromatic amines is 1. The van der Waals surface area contributed by atoms with Gasteiger partial charge in [0.25, 0.3) is 5.56 Å². The highest BCUT2D eigenvalue weighted by Gasteiger charge is 2.23.